The van der Waals surface area contributed by atoms with Gasteiger partial charge in [0.15, 0.2) is 11.5 Å². The number of rotatable bonds is 4. The summed E-state index contributed by atoms with van der Waals surface area (Å²) < 4.78 is 7.40. The molecule has 4 N–H and O–H groups in total. The van der Waals surface area contributed by atoms with Crippen LogP contribution in [0.15, 0.2) is 29.1 Å². The Kier molecular flexibility index (Phi) is 4.21. The molecule has 0 aromatic carbocycles. The third kappa shape index (κ3) is 2.54. The summed E-state index contributed by atoms with van der Waals surface area (Å²) in [6.45, 7) is 1.09. The summed E-state index contributed by atoms with van der Waals surface area (Å²) in [5, 5.41) is 30.9. The van der Waals surface area contributed by atoms with Crippen LogP contribution in [0.4, 0.5) is 5.82 Å². The Labute approximate surface area is 156 Å². The minimum absolute atomic E-state index is 0.255. The van der Waals surface area contributed by atoms with Crippen molar-refractivity contribution in [2.45, 2.75) is 24.9 Å². The van der Waals surface area contributed by atoms with Crippen LogP contribution in [0.3, 0.4) is 0 Å². The van der Waals surface area contributed by atoms with Crippen LogP contribution in [0.5, 0.6) is 0 Å². The molecule has 3 aromatic rings. The quantitative estimate of drug-likeness (QED) is 0.345. The monoisotopic (exact) mass is 388 g/mol. The normalized spacial score (nSPS) is 27.7. The summed E-state index contributed by atoms with van der Waals surface area (Å²) in [5.41, 5.74) is 15.1. The van der Waals surface area contributed by atoms with Crippen LogP contribution in [0.1, 0.15) is 18.7 Å². The number of aliphatic hydroxyl groups is 2. The Hall–Kier alpha value is -2.76. The fourth-order valence-corrected chi connectivity index (χ4v) is 4.03. The lowest BCUT2D eigenvalue weighted by molar-refractivity contribution is -0.0882. The fraction of sp³-hybridized carbons (Fsp3) is 0.400. The van der Waals surface area contributed by atoms with Gasteiger partial charge in [-0.25, -0.2) is 14.5 Å². The van der Waals surface area contributed by atoms with Crippen LogP contribution in [0.2, 0.25) is 0 Å². The summed E-state index contributed by atoms with van der Waals surface area (Å²) in [5.74, 6) is -0.387. The van der Waals surface area contributed by atoms with Crippen molar-refractivity contribution < 1.29 is 14.9 Å². The number of thiazole rings is 1. The highest BCUT2D eigenvalue weighted by Crippen LogP contribution is 2.46. The van der Waals surface area contributed by atoms with Gasteiger partial charge in [-0.2, -0.15) is 5.10 Å². The van der Waals surface area contributed by atoms with Crippen LogP contribution in [0.25, 0.3) is 26.5 Å². The third-order valence-corrected chi connectivity index (χ3v) is 5.68. The van der Waals surface area contributed by atoms with Crippen molar-refractivity contribution in [1.29, 1.82) is 0 Å². The average Bonchev–Trinajstić information content (AvgIpc) is 3.36. The number of anilines is 1. The SMILES string of the molecule is C[C@H]1[C@H](O)[C@H](c2cc(-c3nccs3)c3c(N)ncnn23)O[C@@]1(CO)N=[N+]=[N-]. The van der Waals surface area contributed by atoms with Crippen LogP contribution in [-0.2, 0) is 4.74 Å². The Bertz CT molecular complexity index is 1030. The molecule has 1 aliphatic rings. The van der Waals surface area contributed by atoms with Crippen molar-refractivity contribution in [1.82, 2.24) is 19.6 Å². The van der Waals surface area contributed by atoms with Crippen molar-refractivity contribution in [2.24, 2.45) is 11.0 Å². The number of hydrogen-bond donors (Lipinski definition) is 3. The molecule has 140 valence electrons. The number of nitrogen functional groups attached to an aromatic ring is 1. The minimum Gasteiger partial charge on any atom is -0.393 e. The number of aromatic nitrogens is 4. The van der Waals surface area contributed by atoms with Gasteiger partial charge in [-0.3, -0.25) is 0 Å². The molecule has 4 heterocycles. The molecule has 1 saturated heterocycles. The summed E-state index contributed by atoms with van der Waals surface area (Å²) in [6.07, 6.45) is 1.04. The Balaban J connectivity index is 1.90. The Morgan fingerprint density at radius 2 is 2.33 bits per heavy atom. The molecule has 0 unspecified atom stereocenters. The zero-order valence-electron chi connectivity index (χ0n) is 14.2. The van der Waals surface area contributed by atoms with Crippen LogP contribution in [-0.4, -0.2) is 48.2 Å². The van der Waals surface area contributed by atoms with Crippen LogP contribution >= 0.6 is 11.3 Å². The second kappa shape index (κ2) is 6.44. The van der Waals surface area contributed by atoms with E-state index in [1.54, 1.807) is 19.2 Å². The summed E-state index contributed by atoms with van der Waals surface area (Å²) in [4.78, 5) is 11.1. The molecule has 0 saturated carbocycles. The smallest absolute Gasteiger partial charge is 0.175 e. The first-order chi connectivity index (χ1) is 13.0. The molecule has 12 heteroatoms. The summed E-state index contributed by atoms with van der Waals surface area (Å²) in [6, 6.07) is 1.77. The molecule has 27 heavy (non-hydrogen) atoms. The predicted molar refractivity (Wildman–Crippen MR) is 96.5 cm³/mol. The molecule has 0 spiro atoms. The van der Waals surface area contributed by atoms with Gasteiger partial charge in [-0.1, -0.05) is 12.0 Å². The molecule has 0 radical (unpaired) electrons. The van der Waals surface area contributed by atoms with E-state index in [4.69, 9.17) is 16.0 Å². The Morgan fingerprint density at radius 1 is 1.52 bits per heavy atom. The predicted octanol–water partition coefficient (Wildman–Crippen LogP) is 1.50. The lowest BCUT2D eigenvalue weighted by atomic mass is 9.93. The van der Waals surface area contributed by atoms with Crippen LogP contribution < -0.4 is 5.73 Å². The molecule has 3 aromatic heterocycles. The second-order valence-electron chi connectivity index (χ2n) is 6.24. The van der Waals surface area contributed by atoms with E-state index in [-0.39, 0.29) is 5.82 Å². The standard InChI is InChI=1S/C15H16N8O3S/c1-7-11(25)12(26-15(7,5-24)21-22-17)9-4-8(14-18-2-3-27-14)10-13(16)19-6-20-23(9)10/h2-4,6-7,11-12,24-25H,5H2,1H3,(H2,16,19,20)/t7-,11-,12-,15+/m0/s1. The van der Waals surface area contributed by atoms with Gasteiger partial charge in [0.05, 0.1) is 18.4 Å². The van der Waals surface area contributed by atoms with E-state index in [1.807, 2.05) is 5.38 Å². The van der Waals surface area contributed by atoms with Gasteiger partial charge in [0, 0.05) is 28.0 Å². The number of fused-ring (bicyclic) bond motifs is 1. The van der Waals surface area contributed by atoms with E-state index in [9.17, 15) is 10.2 Å². The van der Waals surface area contributed by atoms with E-state index in [2.05, 4.69) is 25.1 Å². The lowest BCUT2D eigenvalue weighted by Gasteiger charge is -2.24. The van der Waals surface area contributed by atoms with Crippen molar-refractivity contribution >= 4 is 22.7 Å². The average molecular weight is 388 g/mol. The molecule has 0 aliphatic carbocycles. The molecule has 4 atom stereocenters. The van der Waals surface area contributed by atoms with Crippen LogP contribution in [0, 0.1) is 5.92 Å². The molecular formula is C15H16N8O3S. The first-order valence-electron chi connectivity index (χ1n) is 8.07. The number of azide groups is 1. The third-order valence-electron chi connectivity index (χ3n) is 4.87. The lowest BCUT2D eigenvalue weighted by Crippen LogP contribution is -2.37. The first kappa shape index (κ1) is 17.6. The topological polar surface area (TPSA) is 168 Å². The molecule has 4 rings (SSSR count). The van der Waals surface area contributed by atoms with E-state index in [1.165, 1.54) is 22.2 Å². The molecule has 1 aliphatic heterocycles. The highest BCUT2D eigenvalue weighted by atomic mass is 32.1. The number of nitrogens with zero attached hydrogens (tertiary/aromatic N) is 7. The molecular weight excluding hydrogens is 372 g/mol. The van der Waals surface area contributed by atoms with Gasteiger partial charge in [-0.15, -0.1) is 11.3 Å². The van der Waals surface area contributed by atoms with Crippen molar-refractivity contribution in [2.75, 3.05) is 12.3 Å². The van der Waals surface area contributed by atoms with E-state index in [0.29, 0.717) is 21.8 Å². The van der Waals surface area contributed by atoms with Crippen molar-refractivity contribution in [3.8, 4) is 10.6 Å². The van der Waals surface area contributed by atoms with Gasteiger partial charge < -0.3 is 20.7 Å². The van der Waals surface area contributed by atoms with Gasteiger partial charge in [0.2, 0.25) is 0 Å². The minimum atomic E-state index is -1.57. The maximum atomic E-state index is 10.8. The first-order valence-corrected chi connectivity index (χ1v) is 8.95. The zero-order chi connectivity index (χ0) is 19.2. The molecule has 11 nitrogen and oxygen atoms in total. The zero-order valence-corrected chi connectivity index (χ0v) is 15.0. The summed E-state index contributed by atoms with van der Waals surface area (Å²) in [7, 11) is 0. The largest absolute Gasteiger partial charge is 0.393 e. The second-order valence-corrected chi connectivity index (χ2v) is 7.13. The number of aliphatic hydroxyl groups excluding tert-OH is 2. The Morgan fingerprint density at radius 3 is 3.00 bits per heavy atom. The maximum absolute atomic E-state index is 10.8. The fourth-order valence-electron chi connectivity index (χ4n) is 3.38. The number of ether oxygens (including phenoxy) is 1. The van der Waals surface area contributed by atoms with E-state index in [0.717, 1.165) is 0 Å². The van der Waals surface area contributed by atoms with E-state index < -0.39 is 30.5 Å². The number of nitrogens with two attached hydrogens (primary N) is 1. The van der Waals surface area contributed by atoms with Crippen molar-refractivity contribution in [3.05, 3.63) is 40.1 Å². The highest BCUT2D eigenvalue weighted by molar-refractivity contribution is 7.13. The van der Waals surface area contributed by atoms with Gasteiger partial charge >= 0.3 is 0 Å². The number of hydrogen-bond acceptors (Lipinski definition) is 9. The molecule has 0 amide bonds. The van der Waals surface area contributed by atoms with Gasteiger partial charge in [0.25, 0.3) is 0 Å². The van der Waals surface area contributed by atoms with Crippen molar-refractivity contribution in [3.63, 3.8) is 0 Å². The molecule has 0 bridgehead atoms. The maximum Gasteiger partial charge on any atom is 0.175 e. The molecule has 1 fully saturated rings. The highest BCUT2D eigenvalue weighted by Gasteiger charge is 2.53. The summed E-state index contributed by atoms with van der Waals surface area (Å²) >= 11 is 1.42. The van der Waals surface area contributed by atoms with Gasteiger partial charge in [-0.05, 0) is 11.6 Å². The van der Waals surface area contributed by atoms with Gasteiger partial charge in [0.1, 0.15) is 23.0 Å². The van der Waals surface area contributed by atoms with E-state index >= 15 is 0 Å².